The molecule has 1 spiro atoms. The van der Waals surface area contributed by atoms with Gasteiger partial charge in [0.15, 0.2) is 0 Å². The molecule has 4 nitrogen and oxygen atoms in total. The molecule has 0 bridgehead atoms. The molecule has 2 atom stereocenters. The number of ether oxygens (including phenoxy) is 1. The third-order valence-electron chi connectivity index (χ3n) is 4.79. The fourth-order valence-corrected chi connectivity index (χ4v) is 3.74. The lowest BCUT2D eigenvalue weighted by atomic mass is 9.97. The van der Waals surface area contributed by atoms with Crippen LogP contribution in [0.5, 0.6) is 0 Å². The Hall–Kier alpha value is -1.85. The molecule has 2 saturated heterocycles. The van der Waals surface area contributed by atoms with Crippen molar-refractivity contribution in [2.45, 2.75) is 31.0 Å². The van der Waals surface area contributed by atoms with Gasteiger partial charge in [-0.2, -0.15) is 0 Å². The summed E-state index contributed by atoms with van der Waals surface area (Å²) in [6.45, 7) is 3.57. The van der Waals surface area contributed by atoms with Crippen molar-refractivity contribution in [1.82, 2.24) is 4.90 Å². The van der Waals surface area contributed by atoms with Gasteiger partial charge in [0.1, 0.15) is 5.82 Å². The summed E-state index contributed by atoms with van der Waals surface area (Å²) in [6, 6.07) is 8.87. The first-order valence-electron chi connectivity index (χ1n) is 8.10. The second kappa shape index (κ2) is 5.98. The predicted octanol–water partition coefficient (Wildman–Crippen LogP) is 3.26. The number of benzene rings is 1. The molecule has 0 radical (unpaired) electrons. The minimum absolute atomic E-state index is 0.0608. The van der Waals surface area contributed by atoms with E-state index < -0.39 is 0 Å². The lowest BCUT2D eigenvalue weighted by molar-refractivity contribution is 0.0120. The normalized spacial score (nSPS) is 27.8. The van der Waals surface area contributed by atoms with Crippen molar-refractivity contribution in [3.63, 3.8) is 0 Å². The van der Waals surface area contributed by atoms with Crippen LogP contribution >= 0.6 is 0 Å². The van der Waals surface area contributed by atoms with E-state index in [-0.39, 0.29) is 17.5 Å². The number of hydrogen-bond acceptors (Lipinski definition) is 4. The molecular formula is C18H21FN2O2. The number of hydrogen-bond donors (Lipinski definition) is 1. The molecule has 2 aromatic rings. The highest BCUT2D eigenvalue weighted by atomic mass is 19.1. The molecule has 5 heteroatoms. The monoisotopic (exact) mass is 316 g/mol. The zero-order chi connectivity index (χ0) is 15.7. The summed E-state index contributed by atoms with van der Waals surface area (Å²) in [7, 11) is 0. The average Bonchev–Trinajstić information content (AvgIpc) is 3.24. The van der Waals surface area contributed by atoms with Gasteiger partial charge in [0, 0.05) is 37.3 Å². The number of anilines is 1. The van der Waals surface area contributed by atoms with Crippen molar-refractivity contribution < 1.29 is 13.5 Å². The first-order valence-corrected chi connectivity index (χ1v) is 8.10. The van der Waals surface area contributed by atoms with Crippen LogP contribution in [-0.2, 0) is 11.3 Å². The van der Waals surface area contributed by atoms with Crippen LogP contribution in [0, 0.1) is 5.82 Å². The maximum atomic E-state index is 13.3. The fourth-order valence-electron chi connectivity index (χ4n) is 3.74. The maximum absolute atomic E-state index is 13.3. The number of furan rings is 1. The summed E-state index contributed by atoms with van der Waals surface area (Å²) in [6.07, 6.45) is 5.53. The third kappa shape index (κ3) is 3.26. The van der Waals surface area contributed by atoms with Gasteiger partial charge in [0.2, 0.25) is 0 Å². The van der Waals surface area contributed by atoms with E-state index in [9.17, 15) is 4.39 Å². The van der Waals surface area contributed by atoms with Crippen LogP contribution in [0.2, 0.25) is 0 Å². The third-order valence-corrected chi connectivity index (χ3v) is 4.79. The largest absolute Gasteiger partial charge is 0.472 e. The van der Waals surface area contributed by atoms with Gasteiger partial charge in [-0.3, -0.25) is 4.90 Å². The lowest BCUT2D eigenvalue weighted by Crippen LogP contribution is -2.33. The van der Waals surface area contributed by atoms with Crippen LogP contribution < -0.4 is 5.32 Å². The Morgan fingerprint density at radius 3 is 3.13 bits per heavy atom. The molecule has 2 aliphatic heterocycles. The summed E-state index contributed by atoms with van der Waals surface area (Å²) in [5, 5.41) is 3.39. The lowest BCUT2D eigenvalue weighted by Gasteiger charge is -2.23. The molecule has 1 N–H and O–H groups in total. The Balaban J connectivity index is 1.34. The SMILES string of the molecule is Fc1cccc(NC2COC3(CCN(Cc4ccoc4)C3)C2)c1. The highest BCUT2D eigenvalue weighted by molar-refractivity contribution is 5.44. The van der Waals surface area contributed by atoms with Crippen LogP contribution in [0.1, 0.15) is 18.4 Å². The zero-order valence-corrected chi connectivity index (χ0v) is 13.0. The molecule has 122 valence electrons. The van der Waals surface area contributed by atoms with Gasteiger partial charge in [-0.25, -0.2) is 4.39 Å². The second-order valence-corrected chi connectivity index (χ2v) is 6.64. The van der Waals surface area contributed by atoms with Crippen molar-refractivity contribution in [1.29, 1.82) is 0 Å². The number of nitrogens with one attached hydrogen (secondary N) is 1. The van der Waals surface area contributed by atoms with E-state index in [2.05, 4.69) is 10.2 Å². The minimum atomic E-state index is -0.212. The number of nitrogens with zero attached hydrogens (tertiary/aromatic N) is 1. The van der Waals surface area contributed by atoms with E-state index in [0.717, 1.165) is 38.2 Å². The summed E-state index contributed by atoms with van der Waals surface area (Å²) in [5.41, 5.74) is 1.97. The molecule has 1 aromatic carbocycles. The summed E-state index contributed by atoms with van der Waals surface area (Å²) < 4.78 is 24.6. The van der Waals surface area contributed by atoms with Crippen LogP contribution in [0.4, 0.5) is 10.1 Å². The molecule has 0 saturated carbocycles. The van der Waals surface area contributed by atoms with Crippen LogP contribution in [0.3, 0.4) is 0 Å². The van der Waals surface area contributed by atoms with Gasteiger partial charge in [0.05, 0.1) is 30.8 Å². The van der Waals surface area contributed by atoms with Crippen molar-refractivity contribution in [3.05, 3.63) is 54.2 Å². The standard InChI is InChI=1S/C18H21FN2O2/c19-15-2-1-3-16(8-15)20-17-9-18(23-12-17)5-6-21(13-18)10-14-4-7-22-11-14/h1-4,7-8,11,17,20H,5-6,9-10,12-13H2. The molecule has 3 heterocycles. The molecule has 0 aliphatic carbocycles. The van der Waals surface area contributed by atoms with Gasteiger partial charge < -0.3 is 14.5 Å². The molecule has 23 heavy (non-hydrogen) atoms. The number of rotatable bonds is 4. The first-order chi connectivity index (χ1) is 11.2. The number of halogens is 1. The van der Waals surface area contributed by atoms with Crippen LogP contribution in [-0.4, -0.2) is 36.2 Å². The highest BCUT2D eigenvalue weighted by Crippen LogP contribution is 2.36. The Morgan fingerprint density at radius 2 is 2.30 bits per heavy atom. The highest BCUT2D eigenvalue weighted by Gasteiger charge is 2.45. The molecule has 2 fully saturated rings. The van der Waals surface area contributed by atoms with E-state index in [1.165, 1.54) is 17.7 Å². The van der Waals surface area contributed by atoms with E-state index in [0.29, 0.717) is 6.61 Å². The Kier molecular flexibility index (Phi) is 3.83. The van der Waals surface area contributed by atoms with Crippen molar-refractivity contribution in [3.8, 4) is 0 Å². The van der Waals surface area contributed by atoms with E-state index in [1.807, 2.05) is 12.1 Å². The topological polar surface area (TPSA) is 37.6 Å². The van der Waals surface area contributed by atoms with E-state index in [4.69, 9.17) is 9.15 Å². The Labute approximate surface area is 135 Å². The summed E-state index contributed by atoms with van der Waals surface area (Å²) in [5.74, 6) is -0.212. The molecule has 2 unspecified atom stereocenters. The van der Waals surface area contributed by atoms with Crippen molar-refractivity contribution in [2.75, 3.05) is 25.0 Å². The maximum Gasteiger partial charge on any atom is 0.125 e. The van der Waals surface area contributed by atoms with Gasteiger partial charge in [-0.05, 0) is 30.7 Å². The smallest absolute Gasteiger partial charge is 0.125 e. The number of likely N-dealkylation sites (tertiary alicyclic amines) is 1. The minimum Gasteiger partial charge on any atom is -0.472 e. The fraction of sp³-hybridized carbons (Fsp3) is 0.444. The molecule has 2 aliphatic rings. The first kappa shape index (κ1) is 14.7. The molecule has 1 aromatic heterocycles. The molecule has 4 rings (SSSR count). The van der Waals surface area contributed by atoms with E-state index in [1.54, 1.807) is 18.6 Å². The summed E-state index contributed by atoms with van der Waals surface area (Å²) >= 11 is 0. The van der Waals surface area contributed by atoms with Crippen LogP contribution in [0.15, 0.2) is 47.3 Å². The van der Waals surface area contributed by atoms with Crippen molar-refractivity contribution in [2.24, 2.45) is 0 Å². The average molecular weight is 316 g/mol. The van der Waals surface area contributed by atoms with Gasteiger partial charge in [0.25, 0.3) is 0 Å². The second-order valence-electron chi connectivity index (χ2n) is 6.64. The van der Waals surface area contributed by atoms with Gasteiger partial charge in [-0.15, -0.1) is 0 Å². The molecule has 0 amide bonds. The van der Waals surface area contributed by atoms with Crippen LogP contribution in [0.25, 0.3) is 0 Å². The van der Waals surface area contributed by atoms with E-state index >= 15 is 0 Å². The van der Waals surface area contributed by atoms with Gasteiger partial charge in [-0.1, -0.05) is 6.07 Å². The summed E-state index contributed by atoms with van der Waals surface area (Å²) in [4.78, 5) is 2.41. The quantitative estimate of drug-likeness (QED) is 0.939. The Morgan fingerprint density at radius 1 is 1.35 bits per heavy atom. The van der Waals surface area contributed by atoms with Crippen molar-refractivity contribution >= 4 is 5.69 Å². The zero-order valence-electron chi connectivity index (χ0n) is 13.0. The molecular weight excluding hydrogens is 295 g/mol. The Bertz CT molecular complexity index is 661. The van der Waals surface area contributed by atoms with Gasteiger partial charge >= 0.3 is 0 Å². The predicted molar refractivity (Wildman–Crippen MR) is 85.7 cm³/mol.